The van der Waals surface area contributed by atoms with Crippen molar-refractivity contribution in [2.45, 2.75) is 0 Å². The van der Waals surface area contributed by atoms with Crippen LogP contribution in [0.4, 0.5) is 0 Å². The molecule has 0 amide bonds. The molecule has 0 radical (unpaired) electrons. The van der Waals surface area contributed by atoms with Crippen molar-refractivity contribution < 1.29 is 0 Å². The second kappa shape index (κ2) is 6.08. The molecule has 1 aromatic heterocycles. The average molecular weight is 466 g/mol. The van der Waals surface area contributed by atoms with Crippen molar-refractivity contribution in [1.82, 2.24) is 4.98 Å². The van der Waals surface area contributed by atoms with Crippen molar-refractivity contribution in [3.63, 3.8) is 0 Å². The summed E-state index contributed by atoms with van der Waals surface area (Å²) in [6, 6.07) is 38.7. The molecule has 0 aliphatic heterocycles. The first-order valence-corrected chi connectivity index (χ1v) is 12.9. The number of hydrogen-bond donors (Lipinski definition) is 1. The maximum Gasteiger partial charge on any atom is 0.0466 e. The minimum atomic E-state index is 1.18. The lowest BCUT2D eigenvalue weighted by Gasteiger charge is -2.22. The van der Waals surface area contributed by atoms with Crippen LogP contribution in [0, 0.1) is 0 Å². The zero-order valence-electron chi connectivity index (χ0n) is 19.9. The molecule has 0 saturated heterocycles. The summed E-state index contributed by atoms with van der Waals surface area (Å²) >= 11 is 0. The number of H-pyrrole nitrogens is 1. The first-order chi connectivity index (χ1) is 18.3. The summed E-state index contributed by atoms with van der Waals surface area (Å²) < 4.78 is 0. The van der Waals surface area contributed by atoms with Crippen molar-refractivity contribution in [2.24, 2.45) is 0 Å². The van der Waals surface area contributed by atoms with Gasteiger partial charge in [-0.15, -0.1) is 0 Å². The van der Waals surface area contributed by atoms with E-state index in [1.54, 1.807) is 0 Å². The summed E-state index contributed by atoms with van der Waals surface area (Å²) in [5.41, 5.74) is 3.75. The van der Waals surface area contributed by atoms with Crippen molar-refractivity contribution in [1.29, 1.82) is 0 Å². The van der Waals surface area contributed by atoms with Crippen molar-refractivity contribution in [3.05, 3.63) is 109 Å². The molecule has 1 heteroatoms. The van der Waals surface area contributed by atoms with Gasteiger partial charge in [-0.2, -0.15) is 0 Å². The lowest BCUT2D eigenvalue weighted by Crippen LogP contribution is -1.93. The van der Waals surface area contributed by atoms with E-state index < -0.39 is 0 Å². The topological polar surface area (TPSA) is 15.8 Å². The van der Waals surface area contributed by atoms with Gasteiger partial charge in [0, 0.05) is 22.7 Å². The maximum atomic E-state index is 3.58. The summed E-state index contributed by atoms with van der Waals surface area (Å²) in [4.78, 5) is 3.58. The molecule has 0 spiro atoms. The summed E-state index contributed by atoms with van der Waals surface area (Å²) in [5.74, 6) is 0. The Morgan fingerprint density at radius 3 is 1.51 bits per heavy atom. The Kier molecular flexibility index (Phi) is 3.03. The minimum absolute atomic E-state index is 1.18. The summed E-state index contributed by atoms with van der Waals surface area (Å²) in [6.07, 6.45) is 2.20. The zero-order valence-corrected chi connectivity index (χ0v) is 19.9. The molecule has 0 atom stereocenters. The normalized spacial score (nSPS) is 12.9. The quantitative estimate of drug-likeness (QED) is 0.183. The number of aromatic amines is 1. The fourth-order valence-electron chi connectivity index (χ4n) is 7.24. The Bertz CT molecular complexity index is 2450. The van der Waals surface area contributed by atoms with Crippen molar-refractivity contribution >= 4 is 86.3 Å². The lowest BCUT2D eigenvalue weighted by molar-refractivity contribution is 1.48. The predicted molar refractivity (Wildman–Crippen MR) is 160 cm³/mol. The molecule has 1 nitrogen and oxygen atoms in total. The number of nitrogens with one attached hydrogen (secondary N) is 1. The molecular formula is C36H19N. The number of benzene rings is 9. The van der Waals surface area contributed by atoms with Gasteiger partial charge in [-0.3, -0.25) is 0 Å². The van der Waals surface area contributed by atoms with Gasteiger partial charge in [0.05, 0.1) is 0 Å². The van der Waals surface area contributed by atoms with Crippen LogP contribution >= 0.6 is 0 Å². The standard InChI is InChI=1S/C36H19N/c1-2-4-24-17-30-28(15-23(24)3-1)29(18-37-30)27-16-25-12-11-21-8-6-19-5-7-20-9-10-22-13-14-26(27)36-34(22)32(20)31(19)33(21)35(25)36/h1-18,37H. The fraction of sp³-hybridized carbons (Fsp3) is 0. The van der Waals surface area contributed by atoms with Crippen LogP contribution in [0.5, 0.6) is 0 Å². The molecule has 168 valence electrons. The molecule has 1 heterocycles. The highest BCUT2D eigenvalue weighted by Crippen LogP contribution is 2.50. The SMILES string of the molecule is c1ccc2cc3c(-c4cc5ccc6ccc7ccc8ccc9ccc4c4c9c8c7c6c54)c[nH]c3cc2c1. The molecular weight excluding hydrogens is 446 g/mol. The van der Waals surface area contributed by atoms with Gasteiger partial charge in [0.1, 0.15) is 0 Å². The Labute approximate surface area is 211 Å². The molecule has 0 fully saturated rings. The first kappa shape index (κ1) is 18.4. The summed E-state index contributed by atoms with van der Waals surface area (Å²) in [5, 5.41) is 20.2. The van der Waals surface area contributed by atoms with E-state index >= 15 is 0 Å². The average Bonchev–Trinajstić information content (AvgIpc) is 3.36. The van der Waals surface area contributed by atoms with Crippen LogP contribution < -0.4 is 0 Å². The van der Waals surface area contributed by atoms with E-state index in [4.69, 9.17) is 0 Å². The van der Waals surface area contributed by atoms with E-state index in [2.05, 4.69) is 114 Å². The Morgan fingerprint density at radius 1 is 0.351 bits per heavy atom. The van der Waals surface area contributed by atoms with Crippen LogP contribution in [0.25, 0.3) is 97.4 Å². The van der Waals surface area contributed by atoms with Gasteiger partial charge in [-0.25, -0.2) is 0 Å². The van der Waals surface area contributed by atoms with Crippen molar-refractivity contribution in [2.75, 3.05) is 0 Å². The molecule has 37 heavy (non-hydrogen) atoms. The van der Waals surface area contributed by atoms with Gasteiger partial charge in [0.15, 0.2) is 0 Å². The Morgan fingerprint density at radius 2 is 0.865 bits per heavy atom. The predicted octanol–water partition coefficient (Wildman–Crippen LogP) is 10.2. The first-order valence-electron chi connectivity index (χ1n) is 12.9. The Balaban J connectivity index is 1.47. The van der Waals surface area contributed by atoms with Crippen molar-refractivity contribution in [3.8, 4) is 11.1 Å². The van der Waals surface area contributed by atoms with Gasteiger partial charge in [-0.05, 0) is 99.2 Å². The van der Waals surface area contributed by atoms with E-state index in [-0.39, 0.29) is 0 Å². The summed E-state index contributed by atoms with van der Waals surface area (Å²) in [7, 11) is 0. The van der Waals surface area contributed by atoms with Crippen LogP contribution in [0.3, 0.4) is 0 Å². The van der Waals surface area contributed by atoms with Gasteiger partial charge < -0.3 is 4.98 Å². The van der Waals surface area contributed by atoms with Gasteiger partial charge in [0.25, 0.3) is 0 Å². The van der Waals surface area contributed by atoms with Crippen LogP contribution in [0.2, 0.25) is 0 Å². The maximum absolute atomic E-state index is 3.58. The lowest BCUT2D eigenvalue weighted by atomic mass is 9.81. The van der Waals surface area contributed by atoms with E-state index in [0.29, 0.717) is 0 Å². The summed E-state index contributed by atoms with van der Waals surface area (Å²) in [6.45, 7) is 0. The van der Waals surface area contributed by atoms with Crippen LogP contribution in [-0.2, 0) is 0 Å². The number of aromatic nitrogens is 1. The molecule has 0 saturated carbocycles. The highest BCUT2D eigenvalue weighted by Gasteiger charge is 2.22. The Hall–Kier alpha value is -4.88. The third kappa shape index (κ3) is 2.10. The van der Waals surface area contributed by atoms with E-state index in [1.165, 1.54) is 97.4 Å². The third-order valence-electron chi connectivity index (χ3n) is 8.84. The second-order valence-corrected chi connectivity index (χ2v) is 10.6. The zero-order chi connectivity index (χ0) is 23.8. The highest BCUT2D eigenvalue weighted by atomic mass is 14.7. The third-order valence-corrected chi connectivity index (χ3v) is 8.84. The molecule has 0 aliphatic rings. The fourth-order valence-corrected chi connectivity index (χ4v) is 7.24. The molecule has 0 aliphatic carbocycles. The monoisotopic (exact) mass is 465 g/mol. The molecule has 10 aromatic rings. The molecule has 10 rings (SSSR count). The highest BCUT2D eigenvalue weighted by molar-refractivity contribution is 6.45. The minimum Gasteiger partial charge on any atom is -0.361 e. The molecule has 9 aromatic carbocycles. The molecule has 1 N–H and O–H groups in total. The molecule has 0 unspecified atom stereocenters. The van der Waals surface area contributed by atoms with Gasteiger partial charge in [0.2, 0.25) is 0 Å². The number of rotatable bonds is 1. The van der Waals surface area contributed by atoms with Crippen LogP contribution in [0.1, 0.15) is 0 Å². The number of hydrogen-bond acceptors (Lipinski definition) is 0. The van der Waals surface area contributed by atoms with E-state index in [9.17, 15) is 0 Å². The molecule has 0 bridgehead atoms. The second-order valence-electron chi connectivity index (χ2n) is 10.6. The van der Waals surface area contributed by atoms with Gasteiger partial charge in [-0.1, -0.05) is 84.9 Å². The van der Waals surface area contributed by atoms with Crippen LogP contribution in [0.15, 0.2) is 109 Å². The smallest absolute Gasteiger partial charge is 0.0466 e. The van der Waals surface area contributed by atoms with E-state index in [0.717, 1.165) is 0 Å². The largest absolute Gasteiger partial charge is 0.361 e. The van der Waals surface area contributed by atoms with E-state index in [1.807, 2.05) is 0 Å². The number of fused-ring (bicyclic) bond motifs is 2. The van der Waals surface area contributed by atoms with Crippen LogP contribution in [-0.4, -0.2) is 4.98 Å². The van der Waals surface area contributed by atoms with Gasteiger partial charge >= 0.3 is 0 Å².